The molecule has 0 saturated heterocycles. The molecule has 0 aliphatic heterocycles. The highest BCUT2D eigenvalue weighted by molar-refractivity contribution is 6.27. The number of ketones is 6. The van der Waals surface area contributed by atoms with Gasteiger partial charge in [0.05, 0.1) is 11.1 Å². The summed E-state index contributed by atoms with van der Waals surface area (Å²) in [6.07, 6.45) is 17.0. The Hall–Kier alpha value is -18.1. The second-order valence-corrected chi connectivity index (χ2v) is 31.3. The third-order valence-electron chi connectivity index (χ3n) is 22.8. The fourth-order valence-corrected chi connectivity index (χ4v) is 16.3. The summed E-state index contributed by atoms with van der Waals surface area (Å²) in [5, 5.41) is 11.4. The van der Waals surface area contributed by atoms with Crippen molar-refractivity contribution in [3.05, 3.63) is 478 Å². The lowest BCUT2D eigenvalue weighted by Crippen LogP contribution is -2.16. The molecule has 21 rings (SSSR count). The number of rotatable bonds is 18. The number of Topliss-reactive ketones (excluding diaryl/α,β-unsaturated/α-hetero) is 3. The summed E-state index contributed by atoms with van der Waals surface area (Å²) in [6.45, 7) is 23.1. The predicted molar refractivity (Wildman–Crippen MR) is 527 cm³/mol. The van der Waals surface area contributed by atoms with Gasteiger partial charge < -0.3 is 28.4 Å². The van der Waals surface area contributed by atoms with Crippen LogP contribution in [0.25, 0.3) is 118 Å². The number of esters is 5. The van der Waals surface area contributed by atoms with Crippen LogP contribution in [0.1, 0.15) is 140 Å². The summed E-state index contributed by atoms with van der Waals surface area (Å²) in [4.78, 5) is 133. The summed E-state index contributed by atoms with van der Waals surface area (Å²) in [5.74, 6) is -1.60. The Kier molecular flexibility index (Phi) is 26.4. The number of carbonyl (C=O) groups excluding carboxylic acids is 11. The van der Waals surface area contributed by atoms with Crippen molar-refractivity contribution in [2.45, 2.75) is 6.92 Å². The average molecular weight is 1760 g/mol. The number of allylic oxidation sites excluding steroid dienone is 3. The van der Waals surface area contributed by atoms with Crippen LogP contribution in [0.5, 0.6) is 5.75 Å². The maximum Gasteiger partial charge on any atom is 0.343 e. The van der Waals surface area contributed by atoms with E-state index in [4.69, 9.17) is 28.4 Å². The average Bonchev–Trinajstić information content (AvgIpc) is 0.766. The van der Waals surface area contributed by atoms with Crippen molar-refractivity contribution in [3.8, 4) is 5.75 Å². The lowest BCUT2D eigenvalue weighted by atomic mass is 9.88. The molecule has 15 aromatic carbocycles. The Morgan fingerprint density at radius 3 is 0.918 bits per heavy atom. The molecule has 0 radical (unpaired) electrons. The van der Waals surface area contributed by atoms with E-state index in [0.29, 0.717) is 61.2 Å². The third-order valence-corrected chi connectivity index (χ3v) is 22.8. The molecule has 650 valence electrons. The summed E-state index contributed by atoms with van der Waals surface area (Å²) in [5.41, 5.74) is 14.9. The molecular formula is C117H80O17. The highest BCUT2D eigenvalue weighted by Gasteiger charge is 2.30. The molecule has 0 aromatic heterocycles. The van der Waals surface area contributed by atoms with Gasteiger partial charge in [-0.25, -0.2) is 24.0 Å². The molecule has 17 nitrogen and oxygen atoms in total. The minimum Gasteiger partial charge on any atom is -0.489 e. The molecule has 6 aliphatic carbocycles. The molecular weight excluding hydrogens is 1680 g/mol. The monoisotopic (exact) mass is 1760 g/mol. The minimum atomic E-state index is -0.574. The molecule has 17 heteroatoms. The lowest BCUT2D eigenvalue weighted by Gasteiger charge is -2.17. The van der Waals surface area contributed by atoms with Crippen LogP contribution < -0.4 is 4.74 Å². The molecule has 134 heavy (non-hydrogen) atoms. The van der Waals surface area contributed by atoms with Crippen LogP contribution in [0.4, 0.5) is 0 Å². The smallest absolute Gasteiger partial charge is 0.343 e. The summed E-state index contributed by atoms with van der Waals surface area (Å²) in [6, 6.07) is 90.2. The van der Waals surface area contributed by atoms with Crippen LogP contribution in [0.3, 0.4) is 0 Å². The first-order valence-corrected chi connectivity index (χ1v) is 42.5. The SMILES string of the molecule is C=C(C)C(=O)OC1=CC(=O)c2cccc3cccc1c23.C=CC(=O)OC1=CC(=O)c2cccc3cccc1c23.C=CC(=O)OCC1=Cc2cccc3cccc(c23)C1=O.C=Cc1ccc(C(=O)OC2=CC(=O)c3cccc4cccc2c34)cc1.C=Cc1ccc(C(=O)OCC2=Cc3cccc4cccc(c34)C2=O)cc1.C=Cc1ccc(OCC2=Cc3cccc4cccc(c34)C2=O)cc1. The molecule has 0 bridgehead atoms. The van der Waals surface area contributed by atoms with Gasteiger partial charge >= 0.3 is 29.8 Å². The van der Waals surface area contributed by atoms with Gasteiger partial charge in [-0.1, -0.05) is 312 Å². The van der Waals surface area contributed by atoms with Crippen molar-refractivity contribution in [2.75, 3.05) is 19.8 Å². The first kappa shape index (κ1) is 89.3. The lowest BCUT2D eigenvalue weighted by molar-refractivity contribution is -0.136. The van der Waals surface area contributed by atoms with Crippen molar-refractivity contribution in [1.29, 1.82) is 0 Å². The van der Waals surface area contributed by atoms with Crippen molar-refractivity contribution >= 4 is 183 Å². The van der Waals surface area contributed by atoms with Crippen molar-refractivity contribution in [2.24, 2.45) is 0 Å². The van der Waals surface area contributed by atoms with Gasteiger partial charge in [-0.3, -0.25) is 28.8 Å². The highest BCUT2D eigenvalue weighted by atomic mass is 16.6. The molecule has 0 fully saturated rings. The maximum absolute atomic E-state index is 12.8. The van der Waals surface area contributed by atoms with E-state index in [9.17, 15) is 52.7 Å². The van der Waals surface area contributed by atoms with Gasteiger partial charge in [0, 0.05) is 135 Å². The van der Waals surface area contributed by atoms with E-state index in [1.807, 2.05) is 231 Å². The number of hydrogen-bond acceptors (Lipinski definition) is 17. The van der Waals surface area contributed by atoms with Crippen molar-refractivity contribution < 1.29 is 81.2 Å². The normalized spacial score (nSPS) is 12.8. The number of benzene rings is 15. The topological polar surface area (TPSA) is 243 Å². The Balaban J connectivity index is 0.000000117. The van der Waals surface area contributed by atoms with E-state index < -0.39 is 29.8 Å². The Morgan fingerprint density at radius 1 is 0.284 bits per heavy atom. The van der Waals surface area contributed by atoms with Gasteiger partial charge in [0.2, 0.25) is 0 Å². The van der Waals surface area contributed by atoms with E-state index in [0.717, 1.165) is 138 Å². The van der Waals surface area contributed by atoms with E-state index in [1.54, 1.807) is 104 Å². The van der Waals surface area contributed by atoms with Crippen LogP contribution in [-0.4, -0.2) is 84.4 Å². The molecule has 0 amide bonds. The number of hydrogen-bond donors (Lipinski definition) is 0. The van der Waals surface area contributed by atoms with Crippen molar-refractivity contribution in [3.63, 3.8) is 0 Å². The van der Waals surface area contributed by atoms with E-state index in [-0.39, 0.29) is 71.8 Å². The molecule has 0 spiro atoms. The first-order valence-electron chi connectivity index (χ1n) is 42.5. The highest BCUT2D eigenvalue weighted by Crippen LogP contribution is 2.40. The zero-order valence-corrected chi connectivity index (χ0v) is 72.4. The van der Waals surface area contributed by atoms with Crippen LogP contribution in [0.15, 0.2) is 383 Å². The molecule has 15 aromatic rings. The third kappa shape index (κ3) is 18.9. The zero-order valence-electron chi connectivity index (χ0n) is 72.4. The molecule has 6 aliphatic rings. The predicted octanol–water partition coefficient (Wildman–Crippen LogP) is 24.7. The molecule has 0 saturated carbocycles. The molecule has 0 N–H and O–H groups in total. The van der Waals surface area contributed by atoms with E-state index in [1.165, 1.54) is 18.2 Å². The van der Waals surface area contributed by atoms with Gasteiger partial charge in [0.25, 0.3) is 0 Å². The van der Waals surface area contributed by atoms with Gasteiger partial charge in [-0.05, 0) is 127 Å². The van der Waals surface area contributed by atoms with Gasteiger partial charge in [0.15, 0.2) is 34.7 Å². The quantitative estimate of drug-likeness (QED) is 0.0440. The maximum atomic E-state index is 12.8. The summed E-state index contributed by atoms with van der Waals surface area (Å²) >= 11 is 0. The van der Waals surface area contributed by atoms with Crippen LogP contribution in [0, 0.1) is 0 Å². The van der Waals surface area contributed by atoms with Crippen LogP contribution >= 0.6 is 0 Å². The molecule has 0 heterocycles. The van der Waals surface area contributed by atoms with Crippen LogP contribution in [-0.2, 0) is 38.1 Å². The van der Waals surface area contributed by atoms with Gasteiger partial charge in [-0.2, -0.15) is 0 Å². The van der Waals surface area contributed by atoms with Crippen molar-refractivity contribution in [1.82, 2.24) is 0 Å². The summed E-state index contributed by atoms with van der Waals surface area (Å²) < 4.78 is 32.1. The summed E-state index contributed by atoms with van der Waals surface area (Å²) in [7, 11) is 0. The first-order chi connectivity index (χ1) is 65.1. The fraction of sp³-hybridized carbons (Fsp3) is 0.0342. The van der Waals surface area contributed by atoms with Gasteiger partial charge in [0.1, 0.15) is 42.8 Å². The number of ether oxygens (including phenoxy) is 6. The Morgan fingerprint density at radius 2 is 0.575 bits per heavy atom. The van der Waals surface area contributed by atoms with Gasteiger partial charge in [-0.15, -0.1) is 0 Å². The molecule has 0 atom stereocenters. The fourth-order valence-electron chi connectivity index (χ4n) is 16.3. The Labute approximate surface area is 769 Å². The van der Waals surface area contributed by atoms with E-state index in [2.05, 4.69) is 39.5 Å². The largest absolute Gasteiger partial charge is 0.489 e. The van der Waals surface area contributed by atoms with Crippen LogP contribution in [0.2, 0.25) is 0 Å². The minimum absolute atomic E-state index is 0.0333. The number of carbonyl (C=O) groups is 11. The zero-order chi connectivity index (χ0) is 93.8. The second kappa shape index (κ2) is 39.7. The Bertz CT molecular complexity index is 7760. The standard InChI is InChI=1S/C23H16O3.C22H14O3.C22H16O2.2C17H12O3.C16H10O3/c1-2-15-9-11-17(12-10-15)23(25)26-14-19-13-18-7-3-5-16-6-4-8-20(21(16)18)22(19)24;1-2-14-9-11-16(12-10-14)22(24)25-20-13-19(23)17-7-3-5-15-6-4-8-18(20)21(15)17;1-2-15-9-11-19(12-10-15)24-14-18-13-17-7-3-5-16-6-4-8-20(21(16)17)22(18)23;1-10(2)17(19)20-15-9-14(18)12-7-3-5-11-6-4-8-13(15)16(11)12;1-2-15(18)20-10-13-9-12-7-3-5-11-6-4-8-14(16(11)12)17(13)19;1-2-15(18)19-14-9-13(17)11-7-3-5-10-6-4-8-12(14)16(10)11/h2-13H,1,14H2;2-13H,1H2;2-13H,1,14H2;3-9H,1H2,2H3;2-9H,1,10H2;2-9H,1H2. The molecule has 0 unspecified atom stereocenters. The second-order valence-electron chi connectivity index (χ2n) is 31.3. The van der Waals surface area contributed by atoms with E-state index >= 15 is 0 Å².